The molecule has 0 saturated heterocycles. The molecule has 0 aromatic heterocycles. The number of benzene rings is 2. The number of phenolic OH excluding ortho intramolecular Hbond substituents is 2. The van der Waals surface area contributed by atoms with Gasteiger partial charge >= 0.3 is 17.9 Å². The van der Waals surface area contributed by atoms with Crippen molar-refractivity contribution < 1.29 is 73.2 Å². The van der Waals surface area contributed by atoms with Gasteiger partial charge in [-0.1, -0.05) is 6.92 Å². The summed E-state index contributed by atoms with van der Waals surface area (Å²) in [7, 11) is 2.01. The van der Waals surface area contributed by atoms with Gasteiger partial charge in [-0.05, 0) is 43.0 Å². The predicted molar refractivity (Wildman–Crippen MR) is 164 cm³/mol. The van der Waals surface area contributed by atoms with E-state index in [4.69, 9.17) is 23.7 Å². The Hall–Kier alpha value is -5.57. The number of ether oxygens (including phenoxy) is 5. The molecule has 2 aliphatic carbocycles. The van der Waals surface area contributed by atoms with Crippen LogP contribution in [0.15, 0.2) is 29.3 Å². The van der Waals surface area contributed by atoms with Crippen LogP contribution in [0.2, 0.25) is 0 Å². The van der Waals surface area contributed by atoms with Gasteiger partial charge in [0.1, 0.15) is 51.7 Å². The molecule has 5 atom stereocenters. The van der Waals surface area contributed by atoms with Crippen LogP contribution < -0.4 is 9.47 Å². The van der Waals surface area contributed by atoms with Crippen molar-refractivity contribution in [1.82, 2.24) is 0 Å². The van der Waals surface area contributed by atoms with Crippen LogP contribution in [-0.4, -0.2) is 92.6 Å². The number of hydrogen-bond donors (Lipinski definition) is 5. The molecule has 5 N–H and O–H groups in total. The van der Waals surface area contributed by atoms with E-state index in [1.807, 2.05) is 0 Å². The first kappa shape index (κ1) is 33.3. The maximum atomic E-state index is 13.4. The summed E-state index contributed by atoms with van der Waals surface area (Å²) in [5.74, 6) is -9.31. The van der Waals surface area contributed by atoms with Crippen molar-refractivity contribution in [1.29, 1.82) is 0 Å². The number of aryl methyl sites for hydroxylation is 1. The average Bonchev–Trinajstić information content (AvgIpc) is 3.04. The first-order valence-electron chi connectivity index (χ1n) is 15.2. The summed E-state index contributed by atoms with van der Waals surface area (Å²) in [6.07, 6.45) is -3.79. The fourth-order valence-electron chi connectivity index (χ4n) is 7.36. The summed E-state index contributed by atoms with van der Waals surface area (Å²) < 4.78 is 27.5. The second kappa shape index (κ2) is 11.3. The Morgan fingerprint density at radius 3 is 2.12 bits per heavy atom. The van der Waals surface area contributed by atoms with E-state index < -0.39 is 110 Å². The molecule has 2 aliphatic heterocycles. The minimum atomic E-state index is -2.57. The summed E-state index contributed by atoms with van der Waals surface area (Å²) in [5.41, 5.74) is -7.18. The van der Waals surface area contributed by atoms with Crippen LogP contribution in [0.1, 0.15) is 49.8 Å². The minimum Gasteiger partial charge on any atom is -0.507 e. The van der Waals surface area contributed by atoms with Crippen molar-refractivity contribution in [2.45, 2.75) is 63.4 Å². The summed E-state index contributed by atoms with van der Waals surface area (Å²) in [6, 6.07) is 3.67. The van der Waals surface area contributed by atoms with Gasteiger partial charge in [0.25, 0.3) is 11.2 Å². The van der Waals surface area contributed by atoms with Crippen molar-refractivity contribution in [3.8, 4) is 34.1 Å². The second-order valence-corrected chi connectivity index (χ2v) is 12.3. The number of fused-ring (bicyclic) bond motifs is 4. The van der Waals surface area contributed by atoms with Crippen molar-refractivity contribution in [2.75, 3.05) is 14.2 Å². The number of ketones is 2. The molecule has 2 fully saturated rings. The Morgan fingerprint density at radius 2 is 1.49 bits per heavy atom. The molecule has 6 rings (SSSR count). The SMILES string of the molecule is COC(=O)C12Oc3cc(C)c(-c4ccc(O)c5c4OC4(C(=O)OC)C(=C5O)C(=O)CC(C)C4O)c(O)c3C(O)=C1C(=O)CCC2OC(C)=O. The van der Waals surface area contributed by atoms with Gasteiger partial charge in [0.2, 0.25) is 0 Å². The maximum absolute atomic E-state index is 13.4. The zero-order valence-electron chi connectivity index (χ0n) is 26.9. The number of carbonyl (C=O) groups is 5. The number of phenols is 2. The molecule has 15 nitrogen and oxygen atoms in total. The van der Waals surface area contributed by atoms with Crippen LogP contribution in [0, 0.1) is 12.8 Å². The molecule has 2 heterocycles. The van der Waals surface area contributed by atoms with Gasteiger partial charge in [-0.15, -0.1) is 0 Å². The van der Waals surface area contributed by atoms with Crippen LogP contribution in [0.4, 0.5) is 0 Å². The van der Waals surface area contributed by atoms with Crippen LogP contribution in [0.5, 0.6) is 23.0 Å². The summed E-state index contributed by atoms with van der Waals surface area (Å²) >= 11 is 0. The first-order valence-corrected chi connectivity index (χ1v) is 15.2. The molecule has 0 radical (unpaired) electrons. The number of carbonyl (C=O) groups excluding carboxylic acids is 5. The van der Waals surface area contributed by atoms with Gasteiger partial charge in [-0.25, -0.2) is 9.59 Å². The number of aliphatic hydroxyl groups excluding tert-OH is 3. The number of esters is 3. The zero-order chi connectivity index (χ0) is 35.9. The van der Waals surface area contributed by atoms with E-state index in [-0.39, 0.29) is 41.7 Å². The molecule has 4 aliphatic rings. The monoisotopic (exact) mass is 680 g/mol. The lowest BCUT2D eigenvalue weighted by atomic mass is 9.69. The Balaban J connectivity index is 1.64. The molecule has 15 heteroatoms. The number of aromatic hydroxyl groups is 2. The van der Waals surface area contributed by atoms with Crippen LogP contribution in [0.25, 0.3) is 22.6 Å². The van der Waals surface area contributed by atoms with Gasteiger partial charge < -0.3 is 49.2 Å². The third kappa shape index (κ3) is 4.34. The molecular weight excluding hydrogens is 648 g/mol. The van der Waals surface area contributed by atoms with E-state index >= 15 is 0 Å². The number of hydrogen-bond acceptors (Lipinski definition) is 15. The maximum Gasteiger partial charge on any atom is 0.359 e. The average molecular weight is 681 g/mol. The molecule has 2 aromatic rings. The van der Waals surface area contributed by atoms with E-state index in [1.54, 1.807) is 0 Å². The van der Waals surface area contributed by atoms with Gasteiger partial charge in [0.15, 0.2) is 17.7 Å². The van der Waals surface area contributed by atoms with Gasteiger partial charge in [-0.3, -0.25) is 14.4 Å². The lowest BCUT2D eigenvalue weighted by Crippen LogP contribution is -2.64. The Labute approximate surface area is 277 Å². The van der Waals surface area contributed by atoms with Gasteiger partial charge in [0.05, 0.1) is 25.4 Å². The third-order valence-corrected chi connectivity index (χ3v) is 9.48. The molecule has 49 heavy (non-hydrogen) atoms. The largest absolute Gasteiger partial charge is 0.507 e. The third-order valence-electron chi connectivity index (χ3n) is 9.48. The van der Waals surface area contributed by atoms with Gasteiger partial charge in [0, 0.05) is 30.9 Å². The number of methoxy groups -OCH3 is 2. The molecule has 5 unspecified atom stereocenters. The topological polar surface area (TPSA) is 233 Å². The Bertz CT molecular complexity index is 1950. The van der Waals surface area contributed by atoms with Crippen molar-refractivity contribution in [3.63, 3.8) is 0 Å². The lowest BCUT2D eigenvalue weighted by molar-refractivity contribution is -0.179. The van der Waals surface area contributed by atoms with Crippen molar-refractivity contribution in [2.24, 2.45) is 5.92 Å². The second-order valence-electron chi connectivity index (χ2n) is 12.3. The number of Topliss-reactive ketones (excluding diaryl/α,β-unsaturated/α-hetero) is 2. The van der Waals surface area contributed by atoms with E-state index in [0.29, 0.717) is 0 Å². The van der Waals surface area contributed by atoms with E-state index in [9.17, 15) is 49.5 Å². The van der Waals surface area contributed by atoms with Crippen molar-refractivity contribution >= 4 is 41.0 Å². The smallest absolute Gasteiger partial charge is 0.359 e. The highest BCUT2D eigenvalue weighted by Gasteiger charge is 2.64. The summed E-state index contributed by atoms with van der Waals surface area (Å²) in [6.45, 7) is 4.06. The Morgan fingerprint density at radius 1 is 0.878 bits per heavy atom. The molecule has 0 amide bonds. The quantitative estimate of drug-likeness (QED) is 0.231. The Kier molecular flexibility index (Phi) is 7.66. The van der Waals surface area contributed by atoms with Crippen LogP contribution >= 0.6 is 0 Å². The predicted octanol–water partition coefficient (Wildman–Crippen LogP) is 2.48. The minimum absolute atomic E-state index is 0.104. The molecule has 0 spiro atoms. The van der Waals surface area contributed by atoms with Gasteiger partial charge in [-0.2, -0.15) is 0 Å². The van der Waals surface area contributed by atoms with Crippen LogP contribution in [0.3, 0.4) is 0 Å². The first-order chi connectivity index (χ1) is 23.1. The van der Waals surface area contributed by atoms with E-state index in [1.165, 1.54) is 26.0 Å². The van der Waals surface area contributed by atoms with E-state index in [2.05, 4.69) is 0 Å². The molecule has 258 valence electrons. The fraction of sp³-hybridized carbons (Fsp3) is 0.382. The highest BCUT2D eigenvalue weighted by molar-refractivity contribution is 6.14. The number of rotatable bonds is 4. The highest BCUT2D eigenvalue weighted by Crippen LogP contribution is 2.57. The highest BCUT2D eigenvalue weighted by atomic mass is 16.6. The standard InChI is InChI=1S/C34H32O15/c1-12-11-19-23(28(41)24-17(37)8-9-20(47-14(3)35)33(24,48-19)31(43)45-4)26(39)21(12)15-6-7-16(36)22-27(40)25-18(38)10-13(2)30(42)34(25,32(44)46-5)49-29(15)22/h6-7,11,13,20,30,36,39-42H,8-10H2,1-5H3. The molecule has 0 bridgehead atoms. The van der Waals surface area contributed by atoms with Crippen molar-refractivity contribution in [3.05, 3.63) is 46.0 Å². The van der Waals surface area contributed by atoms with E-state index in [0.717, 1.165) is 27.2 Å². The molecule has 2 saturated carbocycles. The molecular formula is C34H32O15. The summed E-state index contributed by atoms with van der Waals surface area (Å²) in [5, 5.41) is 57.2. The number of aliphatic hydroxyl groups is 3. The van der Waals surface area contributed by atoms with Crippen LogP contribution in [-0.2, 0) is 38.2 Å². The molecule has 2 aromatic carbocycles. The fourth-order valence-corrected chi connectivity index (χ4v) is 7.36. The zero-order valence-corrected chi connectivity index (χ0v) is 26.9. The lowest BCUT2D eigenvalue weighted by Gasteiger charge is -2.45. The summed E-state index contributed by atoms with van der Waals surface area (Å²) in [4.78, 5) is 65.3. The normalized spacial score (nSPS) is 27.1.